The number of rotatable bonds is 19. The number of carboxylic acids is 2. The summed E-state index contributed by atoms with van der Waals surface area (Å²) in [6, 6.07) is 15.9. The van der Waals surface area contributed by atoms with Gasteiger partial charge in [0.1, 0.15) is 23.3 Å². The lowest BCUT2D eigenvalue weighted by molar-refractivity contribution is -0.159. The third-order valence-corrected chi connectivity index (χ3v) is 6.80. The van der Waals surface area contributed by atoms with Crippen LogP contribution in [-0.4, -0.2) is 118 Å². The number of esters is 2. The summed E-state index contributed by atoms with van der Waals surface area (Å²) in [5.41, 5.74) is -0.0985. The zero-order valence-electron chi connectivity index (χ0n) is 29.6. The van der Waals surface area contributed by atoms with Crippen molar-refractivity contribution in [2.75, 3.05) is 39.3 Å². The highest BCUT2D eigenvalue weighted by atomic mass is 16.6. The average Bonchev–Trinajstić information content (AvgIpc) is 2.98. The number of benzene rings is 2. The number of hydrogen-bond acceptors (Lipinski definition) is 10. The van der Waals surface area contributed by atoms with Crippen LogP contribution in [0.25, 0.3) is 0 Å². The fourth-order valence-corrected chi connectivity index (χ4v) is 4.81. The normalized spacial score (nSPS) is 12.9. The Kier molecular flexibility index (Phi) is 16.0. The van der Waals surface area contributed by atoms with Gasteiger partial charge in [0.25, 0.3) is 0 Å². The summed E-state index contributed by atoms with van der Waals surface area (Å²) in [6.45, 7) is 7.94. The molecule has 0 saturated carbocycles. The summed E-state index contributed by atoms with van der Waals surface area (Å²) in [7, 11) is 0. The number of carboxylic acid groups (broad SMARTS) is 2. The highest BCUT2D eigenvalue weighted by Crippen LogP contribution is 2.13. The largest absolute Gasteiger partial charge is 0.480 e. The molecule has 50 heavy (non-hydrogen) atoms. The van der Waals surface area contributed by atoms with Crippen molar-refractivity contribution in [3.63, 3.8) is 0 Å². The first-order valence-electron chi connectivity index (χ1n) is 16.3. The van der Waals surface area contributed by atoms with Gasteiger partial charge in [0, 0.05) is 25.9 Å². The van der Waals surface area contributed by atoms with Crippen molar-refractivity contribution in [1.82, 2.24) is 20.4 Å². The van der Waals surface area contributed by atoms with Crippen molar-refractivity contribution in [3.05, 3.63) is 71.8 Å². The standard InChI is InChI=1S/C36H50N4O10/c1-35(2,3)49-33(47)27(19-25-13-9-7-10-14-25)37-29(41)21-39(23-31(43)44)17-18-40(24-32(45)46)22-30(42)38-28(34(48)50-36(4,5)6)20-26-15-11-8-12-16-26/h7-16,27-28H,17-24H2,1-6H3,(H,37,41)(H,38,42)(H,43,44)(H,45,46). The van der Waals surface area contributed by atoms with Crippen LogP contribution in [0.2, 0.25) is 0 Å². The second-order valence-electron chi connectivity index (χ2n) is 13.9. The molecule has 2 atom stereocenters. The van der Waals surface area contributed by atoms with Crippen LogP contribution in [-0.2, 0) is 51.1 Å². The molecule has 0 saturated heterocycles. The van der Waals surface area contributed by atoms with E-state index in [0.717, 1.165) is 11.1 Å². The lowest BCUT2D eigenvalue weighted by atomic mass is 10.1. The Bertz CT molecular complexity index is 1330. The number of nitrogens with zero attached hydrogens (tertiary/aromatic N) is 2. The molecule has 14 nitrogen and oxygen atoms in total. The predicted molar refractivity (Wildman–Crippen MR) is 184 cm³/mol. The molecule has 2 aromatic carbocycles. The number of ether oxygens (including phenoxy) is 2. The van der Waals surface area contributed by atoms with Gasteiger partial charge < -0.3 is 30.3 Å². The first-order chi connectivity index (χ1) is 23.3. The summed E-state index contributed by atoms with van der Waals surface area (Å²) in [5.74, 6) is -5.10. The number of amides is 2. The van der Waals surface area contributed by atoms with Crippen LogP contribution < -0.4 is 10.6 Å². The Labute approximate surface area is 293 Å². The maximum Gasteiger partial charge on any atom is 0.329 e. The second-order valence-corrected chi connectivity index (χ2v) is 13.9. The summed E-state index contributed by atoms with van der Waals surface area (Å²) < 4.78 is 11.0. The topological polar surface area (TPSA) is 192 Å². The Morgan fingerprint density at radius 3 is 1.18 bits per heavy atom. The number of hydrogen-bond donors (Lipinski definition) is 4. The maximum absolute atomic E-state index is 13.2. The van der Waals surface area contributed by atoms with E-state index in [9.17, 15) is 39.0 Å². The Morgan fingerprint density at radius 1 is 0.580 bits per heavy atom. The van der Waals surface area contributed by atoms with Crippen molar-refractivity contribution >= 4 is 35.7 Å². The summed E-state index contributed by atoms with van der Waals surface area (Å²) >= 11 is 0. The highest BCUT2D eigenvalue weighted by Gasteiger charge is 2.30. The van der Waals surface area contributed by atoms with Crippen molar-refractivity contribution < 1.29 is 48.5 Å². The van der Waals surface area contributed by atoms with E-state index < -0.39 is 85.2 Å². The smallest absolute Gasteiger partial charge is 0.329 e. The third-order valence-electron chi connectivity index (χ3n) is 6.80. The minimum absolute atomic E-state index is 0.115. The molecule has 0 bridgehead atoms. The minimum atomic E-state index is -1.24. The summed E-state index contributed by atoms with van der Waals surface area (Å²) in [6.07, 6.45) is 0.271. The molecule has 0 aliphatic heterocycles. The van der Waals surface area contributed by atoms with E-state index in [1.165, 1.54) is 9.80 Å². The van der Waals surface area contributed by atoms with Gasteiger partial charge in [-0.1, -0.05) is 60.7 Å². The molecule has 0 fully saturated rings. The van der Waals surface area contributed by atoms with Crippen LogP contribution >= 0.6 is 0 Å². The van der Waals surface area contributed by atoms with Gasteiger partial charge >= 0.3 is 23.9 Å². The first-order valence-corrected chi connectivity index (χ1v) is 16.3. The minimum Gasteiger partial charge on any atom is -0.480 e. The van der Waals surface area contributed by atoms with Crippen LogP contribution in [0.5, 0.6) is 0 Å². The molecule has 2 aromatic rings. The molecule has 0 spiro atoms. The number of nitrogens with one attached hydrogen (secondary N) is 2. The van der Waals surface area contributed by atoms with E-state index in [1.54, 1.807) is 90.1 Å². The lowest BCUT2D eigenvalue weighted by Crippen LogP contribution is -2.51. The van der Waals surface area contributed by atoms with Gasteiger partial charge in [0.2, 0.25) is 11.8 Å². The zero-order valence-corrected chi connectivity index (χ0v) is 29.6. The van der Waals surface area contributed by atoms with Crippen LogP contribution in [0.3, 0.4) is 0 Å². The molecule has 14 heteroatoms. The van der Waals surface area contributed by atoms with Crippen molar-refractivity contribution in [2.24, 2.45) is 0 Å². The number of aliphatic carboxylic acids is 2. The Morgan fingerprint density at radius 2 is 0.900 bits per heavy atom. The van der Waals surface area contributed by atoms with Gasteiger partial charge in [0.15, 0.2) is 0 Å². The number of carbonyl (C=O) groups excluding carboxylic acids is 4. The predicted octanol–water partition coefficient (Wildman–Crippen LogP) is 1.90. The number of carbonyl (C=O) groups is 6. The fourth-order valence-electron chi connectivity index (χ4n) is 4.81. The van der Waals surface area contributed by atoms with E-state index in [4.69, 9.17) is 9.47 Å². The molecule has 0 heterocycles. The van der Waals surface area contributed by atoms with E-state index in [2.05, 4.69) is 10.6 Å². The van der Waals surface area contributed by atoms with Crippen LogP contribution in [0.4, 0.5) is 0 Å². The highest BCUT2D eigenvalue weighted by molar-refractivity contribution is 5.87. The van der Waals surface area contributed by atoms with Gasteiger partial charge in [-0.05, 0) is 52.7 Å². The van der Waals surface area contributed by atoms with Gasteiger partial charge in [-0.15, -0.1) is 0 Å². The van der Waals surface area contributed by atoms with Gasteiger partial charge in [0.05, 0.1) is 26.2 Å². The Balaban J connectivity index is 2.14. The molecule has 0 aliphatic carbocycles. The van der Waals surface area contributed by atoms with Crippen molar-refractivity contribution in [1.29, 1.82) is 0 Å². The van der Waals surface area contributed by atoms with Crippen LogP contribution in [0.15, 0.2) is 60.7 Å². The Hall–Kier alpha value is -4.82. The first kappa shape index (κ1) is 41.4. The fraction of sp³-hybridized carbons (Fsp3) is 0.500. The van der Waals surface area contributed by atoms with Gasteiger partial charge in [-0.2, -0.15) is 0 Å². The molecular formula is C36H50N4O10. The maximum atomic E-state index is 13.2. The molecule has 274 valence electrons. The van der Waals surface area contributed by atoms with Crippen LogP contribution in [0, 0.1) is 0 Å². The molecule has 2 unspecified atom stereocenters. The third kappa shape index (κ3) is 17.5. The van der Waals surface area contributed by atoms with E-state index >= 15 is 0 Å². The van der Waals surface area contributed by atoms with Crippen LogP contribution in [0.1, 0.15) is 52.7 Å². The SMILES string of the molecule is CC(C)(C)OC(=O)C(Cc1ccccc1)NC(=O)CN(CCN(CC(=O)O)CC(=O)NC(Cc1ccccc1)C(=O)OC(C)(C)C)CC(=O)O. The lowest BCUT2D eigenvalue weighted by Gasteiger charge is -2.28. The van der Waals surface area contributed by atoms with Crippen molar-refractivity contribution in [3.8, 4) is 0 Å². The average molecular weight is 699 g/mol. The zero-order chi connectivity index (χ0) is 37.5. The van der Waals surface area contributed by atoms with Crippen molar-refractivity contribution in [2.45, 2.75) is 77.7 Å². The summed E-state index contributed by atoms with van der Waals surface area (Å²) in [4.78, 5) is 78.2. The quantitative estimate of drug-likeness (QED) is 0.156. The molecule has 0 radical (unpaired) electrons. The second kappa shape index (κ2) is 19.4. The molecular weight excluding hydrogens is 648 g/mol. The molecule has 0 aromatic heterocycles. The molecule has 4 N–H and O–H groups in total. The monoisotopic (exact) mass is 698 g/mol. The van der Waals surface area contributed by atoms with Gasteiger partial charge in [-0.3, -0.25) is 29.0 Å². The van der Waals surface area contributed by atoms with E-state index in [-0.39, 0.29) is 25.9 Å². The van der Waals surface area contributed by atoms with E-state index in [1.807, 2.05) is 12.1 Å². The van der Waals surface area contributed by atoms with Gasteiger partial charge in [-0.25, -0.2) is 9.59 Å². The molecule has 0 aliphatic rings. The summed E-state index contributed by atoms with van der Waals surface area (Å²) in [5, 5.41) is 24.4. The molecule has 2 rings (SSSR count). The molecule has 2 amide bonds. The van der Waals surface area contributed by atoms with E-state index in [0.29, 0.717) is 0 Å².